The van der Waals surface area contributed by atoms with Crippen molar-refractivity contribution in [3.63, 3.8) is 0 Å². The van der Waals surface area contributed by atoms with Crippen LogP contribution in [0.2, 0.25) is 5.02 Å². The van der Waals surface area contributed by atoms with E-state index in [9.17, 15) is 8.42 Å². The van der Waals surface area contributed by atoms with Gasteiger partial charge in [-0.3, -0.25) is 0 Å². The molecule has 2 aromatic carbocycles. The summed E-state index contributed by atoms with van der Waals surface area (Å²) in [5, 5.41) is 0.630. The number of hydrogen-bond donors (Lipinski definition) is 0. The number of hydrogen-bond acceptors (Lipinski definition) is 2. The average Bonchev–Trinajstić information content (AvgIpc) is 2.74. The Morgan fingerprint density at radius 2 is 1.76 bits per heavy atom. The Balaban J connectivity index is 2.10. The second-order valence-electron chi connectivity index (χ2n) is 5.21. The van der Waals surface area contributed by atoms with Crippen LogP contribution in [0.25, 0.3) is 0 Å². The summed E-state index contributed by atoms with van der Waals surface area (Å²) in [5.74, 6) is 0.162. The molecule has 0 N–H and O–H groups in total. The van der Waals surface area contributed by atoms with Crippen LogP contribution >= 0.6 is 23.2 Å². The van der Waals surface area contributed by atoms with Gasteiger partial charge in [-0.05, 0) is 23.3 Å². The zero-order valence-corrected chi connectivity index (χ0v) is 13.5. The van der Waals surface area contributed by atoms with Gasteiger partial charge in [0.1, 0.15) is 0 Å². The van der Waals surface area contributed by atoms with Crippen molar-refractivity contribution in [2.45, 2.75) is 16.7 Å². The highest BCUT2D eigenvalue weighted by molar-refractivity contribution is 7.91. The molecule has 2 unspecified atom stereocenters. The lowest BCUT2D eigenvalue weighted by Gasteiger charge is -2.22. The predicted molar refractivity (Wildman–Crippen MR) is 86.1 cm³/mol. The second kappa shape index (κ2) is 5.64. The fourth-order valence-corrected chi connectivity index (χ4v) is 5.59. The summed E-state index contributed by atoms with van der Waals surface area (Å²) in [4.78, 5) is 0.428. The van der Waals surface area contributed by atoms with E-state index in [0.717, 1.165) is 11.1 Å². The van der Waals surface area contributed by atoms with E-state index in [4.69, 9.17) is 23.2 Å². The molecule has 3 rings (SSSR count). The Kier molecular flexibility index (Phi) is 4.00. The van der Waals surface area contributed by atoms with Gasteiger partial charge in [0.2, 0.25) is 0 Å². The van der Waals surface area contributed by atoms with E-state index in [1.807, 2.05) is 36.4 Å². The number of rotatable bonds is 3. The third kappa shape index (κ3) is 2.59. The van der Waals surface area contributed by atoms with E-state index in [-0.39, 0.29) is 17.6 Å². The summed E-state index contributed by atoms with van der Waals surface area (Å²) in [6, 6.07) is 14.7. The molecule has 0 amide bonds. The van der Waals surface area contributed by atoms with Gasteiger partial charge in [0, 0.05) is 22.7 Å². The highest BCUT2D eigenvalue weighted by Gasteiger charge is 2.39. The topological polar surface area (TPSA) is 34.1 Å². The molecule has 2 aromatic rings. The molecule has 2 nitrogen and oxygen atoms in total. The van der Waals surface area contributed by atoms with Gasteiger partial charge in [0.15, 0.2) is 9.84 Å². The maximum absolute atomic E-state index is 12.3. The lowest BCUT2D eigenvalue weighted by molar-refractivity contribution is 0.588. The van der Waals surface area contributed by atoms with Gasteiger partial charge in [-0.25, -0.2) is 8.42 Å². The Morgan fingerprint density at radius 1 is 1.10 bits per heavy atom. The molecule has 0 saturated carbocycles. The van der Waals surface area contributed by atoms with Gasteiger partial charge >= 0.3 is 0 Å². The highest BCUT2D eigenvalue weighted by atomic mass is 35.5. The van der Waals surface area contributed by atoms with Crippen molar-refractivity contribution in [3.05, 3.63) is 64.7 Å². The summed E-state index contributed by atoms with van der Waals surface area (Å²) in [7, 11) is -3.23. The van der Waals surface area contributed by atoms with Crippen molar-refractivity contribution < 1.29 is 8.42 Å². The first-order valence-electron chi connectivity index (χ1n) is 6.66. The lowest BCUT2D eigenvalue weighted by atomic mass is 9.84. The number of fused-ring (bicyclic) bond motifs is 1. The van der Waals surface area contributed by atoms with Crippen LogP contribution in [-0.4, -0.2) is 20.1 Å². The van der Waals surface area contributed by atoms with Crippen molar-refractivity contribution in [2.24, 2.45) is 0 Å². The molecule has 0 aliphatic carbocycles. The van der Waals surface area contributed by atoms with Gasteiger partial charge in [-0.2, -0.15) is 0 Å². The van der Waals surface area contributed by atoms with Crippen molar-refractivity contribution in [2.75, 3.05) is 11.6 Å². The highest BCUT2D eigenvalue weighted by Crippen LogP contribution is 2.45. The first-order valence-corrected chi connectivity index (χ1v) is 9.23. The van der Waals surface area contributed by atoms with E-state index in [0.29, 0.717) is 15.8 Å². The minimum Gasteiger partial charge on any atom is -0.224 e. The minimum absolute atomic E-state index is 0.0922. The van der Waals surface area contributed by atoms with Crippen molar-refractivity contribution in [1.29, 1.82) is 0 Å². The van der Waals surface area contributed by atoms with Gasteiger partial charge < -0.3 is 0 Å². The van der Waals surface area contributed by atoms with E-state index in [1.54, 1.807) is 12.1 Å². The Bertz CT molecular complexity index is 771. The molecule has 0 bridgehead atoms. The van der Waals surface area contributed by atoms with Crippen LogP contribution in [0.5, 0.6) is 0 Å². The first kappa shape index (κ1) is 14.9. The lowest BCUT2D eigenvalue weighted by Crippen LogP contribution is -2.15. The summed E-state index contributed by atoms with van der Waals surface area (Å²) >= 11 is 12.4. The summed E-state index contributed by atoms with van der Waals surface area (Å²) in [6.45, 7) is 0. The molecular formula is C16H14Cl2O2S. The summed E-state index contributed by atoms with van der Waals surface area (Å²) in [6.07, 6.45) is 0. The summed E-state index contributed by atoms with van der Waals surface area (Å²) < 4.78 is 24.6. The molecule has 0 saturated heterocycles. The molecule has 1 aliphatic rings. The molecule has 21 heavy (non-hydrogen) atoms. The van der Waals surface area contributed by atoms with Crippen molar-refractivity contribution in [1.82, 2.24) is 0 Å². The largest absolute Gasteiger partial charge is 0.224 e. The zero-order chi connectivity index (χ0) is 15.0. The smallest absolute Gasteiger partial charge is 0.179 e. The Morgan fingerprint density at radius 3 is 2.48 bits per heavy atom. The maximum Gasteiger partial charge on any atom is 0.179 e. The molecule has 0 radical (unpaired) electrons. The first-order chi connectivity index (χ1) is 10.0. The fourth-order valence-electron chi connectivity index (χ4n) is 3.00. The van der Waals surface area contributed by atoms with Crippen LogP contribution in [0.3, 0.4) is 0 Å². The second-order valence-corrected chi connectivity index (χ2v) is 7.93. The minimum atomic E-state index is -3.23. The molecule has 0 aromatic heterocycles. The van der Waals surface area contributed by atoms with Crippen LogP contribution in [0.4, 0.5) is 0 Å². The van der Waals surface area contributed by atoms with Crippen LogP contribution in [0, 0.1) is 0 Å². The molecular weight excluding hydrogens is 327 g/mol. The molecule has 0 spiro atoms. The number of sulfone groups is 1. The standard InChI is InChI=1S/C16H14Cl2O2S/c17-9-13(11-5-1-3-7-15(11)18)14-10-21(19,20)16-8-4-2-6-12(14)16/h1-8,13-14H,9-10H2. The number of benzene rings is 2. The monoisotopic (exact) mass is 340 g/mol. The quantitative estimate of drug-likeness (QED) is 0.783. The third-order valence-corrected chi connectivity index (χ3v) is 6.53. The van der Waals surface area contributed by atoms with Crippen LogP contribution in [-0.2, 0) is 9.84 Å². The fraction of sp³-hybridized carbons (Fsp3) is 0.250. The van der Waals surface area contributed by atoms with Crippen molar-refractivity contribution >= 4 is 33.0 Å². The van der Waals surface area contributed by atoms with Gasteiger partial charge in [0.25, 0.3) is 0 Å². The van der Waals surface area contributed by atoms with E-state index >= 15 is 0 Å². The molecule has 5 heteroatoms. The van der Waals surface area contributed by atoms with Crippen LogP contribution in [0.1, 0.15) is 23.0 Å². The van der Waals surface area contributed by atoms with Gasteiger partial charge in [-0.15, -0.1) is 11.6 Å². The molecule has 0 fully saturated rings. The van der Waals surface area contributed by atoms with Gasteiger partial charge in [0.05, 0.1) is 10.6 Å². The molecule has 1 aliphatic heterocycles. The molecule has 2 atom stereocenters. The zero-order valence-electron chi connectivity index (χ0n) is 11.2. The molecule has 110 valence electrons. The SMILES string of the molecule is O=S1(=O)CC(C(CCl)c2ccccc2Cl)c2ccccc21. The number of alkyl halides is 1. The maximum atomic E-state index is 12.3. The Hall–Kier alpha value is -1.03. The van der Waals surface area contributed by atoms with E-state index in [2.05, 4.69) is 0 Å². The van der Waals surface area contributed by atoms with E-state index < -0.39 is 9.84 Å². The van der Waals surface area contributed by atoms with E-state index in [1.165, 1.54) is 0 Å². The molecule has 1 heterocycles. The predicted octanol–water partition coefficient (Wildman–Crippen LogP) is 4.23. The number of halogens is 2. The average molecular weight is 341 g/mol. The van der Waals surface area contributed by atoms with Gasteiger partial charge in [-0.1, -0.05) is 48.0 Å². The third-order valence-electron chi connectivity index (χ3n) is 4.01. The van der Waals surface area contributed by atoms with Crippen molar-refractivity contribution in [3.8, 4) is 0 Å². The van der Waals surface area contributed by atoms with Crippen LogP contribution in [0.15, 0.2) is 53.4 Å². The van der Waals surface area contributed by atoms with Crippen LogP contribution < -0.4 is 0 Å². The Labute approximate surface area is 134 Å². The normalized spacial score (nSPS) is 21.0. The summed E-state index contributed by atoms with van der Waals surface area (Å²) in [5.41, 5.74) is 1.76.